The number of methoxy groups -OCH3 is 1. The van der Waals surface area contributed by atoms with Gasteiger partial charge in [0.15, 0.2) is 0 Å². The molecule has 0 aromatic carbocycles. The Labute approximate surface area is 159 Å². The van der Waals surface area contributed by atoms with Crippen molar-refractivity contribution in [3.8, 4) is 0 Å². The van der Waals surface area contributed by atoms with Gasteiger partial charge in [0.2, 0.25) is 11.8 Å². The molecule has 26 heavy (non-hydrogen) atoms. The van der Waals surface area contributed by atoms with Crippen molar-refractivity contribution in [2.45, 2.75) is 32.9 Å². The minimum atomic E-state index is -0.375. The molecule has 0 unspecified atom stereocenters. The van der Waals surface area contributed by atoms with Gasteiger partial charge in [0, 0.05) is 39.7 Å². The van der Waals surface area contributed by atoms with Crippen LogP contribution in [0.15, 0.2) is 4.52 Å². The van der Waals surface area contributed by atoms with Crippen molar-refractivity contribution in [3.63, 3.8) is 0 Å². The predicted octanol–water partition coefficient (Wildman–Crippen LogP) is 0.460. The smallest absolute Gasteiger partial charge is 0.292 e. The Bertz CT molecular complexity index is 595. The maximum absolute atomic E-state index is 12.0. The van der Waals surface area contributed by atoms with Gasteiger partial charge in [0.25, 0.3) is 11.7 Å². The number of halogens is 1. The number of nitrogens with zero attached hydrogens (tertiary/aromatic N) is 3. The zero-order valence-corrected chi connectivity index (χ0v) is 16.5. The fourth-order valence-electron chi connectivity index (χ4n) is 3.06. The lowest BCUT2D eigenvalue weighted by molar-refractivity contribution is -0.122. The molecule has 10 heteroatoms. The Hall–Kier alpha value is -1.71. The van der Waals surface area contributed by atoms with E-state index in [2.05, 4.69) is 39.5 Å². The van der Waals surface area contributed by atoms with Crippen molar-refractivity contribution in [3.05, 3.63) is 11.7 Å². The summed E-state index contributed by atoms with van der Waals surface area (Å²) >= 11 is 0. The third kappa shape index (κ3) is 5.93. The third-order valence-electron chi connectivity index (χ3n) is 4.43. The first kappa shape index (κ1) is 22.3. The Balaban J connectivity index is 0.00000338. The molecule has 0 spiro atoms. The van der Waals surface area contributed by atoms with Gasteiger partial charge >= 0.3 is 0 Å². The van der Waals surface area contributed by atoms with Crippen molar-refractivity contribution in [2.75, 3.05) is 33.9 Å². The summed E-state index contributed by atoms with van der Waals surface area (Å²) < 4.78 is 10.1. The van der Waals surface area contributed by atoms with Crippen LogP contribution in [-0.4, -0.2) is 66.8 Å². The van der Waals surface area contributed by atoms with E-state index in [-0.39, 0.29) is 36.1 Å². The molecule has 2 rings (SSSR count). The maximum Gasteiger partial charge on any atom is 0.292 e. The van der Waals surface area contributed by atoms with Crippen LogP contribution in [0.4, 0.5) is 0 Å². The van der Waals surface area contributed by atoms with E-state index in [0.717, 1.165) is 6.54 Å². The molecule has 0 saturated carbocycles. The van der Waals surface area contributed by atoms with Crippen LogP contribution in [0.25, 0.3) is 0 Å². The fourth-order valence-corrected chi connectivity index (χ4v) is 3.06. The molecule has 2 atom stereocenters. The van der Waals surface area contributed by atoms with E-state index in [1.54, 1.807) is 7.11 Å². The maximum atomic E-state index is 12.0. The van der Waals surface area contributed by atoms with Crippen molar-refractivity contribution >= 4 is 24.2 Å². The molecule has 1 aromatic heterocycles. The number of carbonyl (C=O) groups excluding carboxylic acids is 2. The number of ether oxygens (including phenoxy) is 1. The predicted molar refractivity (Wildman–Crippen MR) is 97.0 cm³/mol. The molecular formula is C16H28ClN5O4. The summed E-state index contributed by atoms with van der Waals surface area (Å²) in [6, 6.07) is 0.0747. The summed E-state index contributed by atoms with van der Waals surface area (Å²) in [4.78, 5) is 29.8. The van der Waals surface area contributed by atoms with E-state index in [0.29, 0.717) is 43.8 Å². The van der Waals surface area contributed by atoms with Gasteiger partial charge in [-0.05, 0) is 11.8 Å². The van der Waals surface area contributed by atoms with E-state index in [4.69, 9.17) is 9.26 Å². The molecular weight excluding hydrogens is 362 g/mol. The summed E-state index contributed by atoms with van der Waals surface area (Å²) in [5.41, 5.74) is 0. The van der Waals surface area contributed by atoms with Crippen molar-refractivity contribution < 1.29 is 18.8 Å². The number of nitrogens with one attached hydrogen (secondary N) is 2. The SMILES string of the molecule is CNC(=O)c1noc(CN2C[C@H](NC(=O)CCOC)[C@@H](C(C)C)C2)n1.Cl. The Morgan fingerprint density at radius 1 is 1.38 bits per heavy atom. The summed E-state index contributed by atoms with van der Waals surface area (Å²) in [6.07, 6.45) is 0.358. The van der Waals surface area contributed by atoms with Crippen LogP contribution in [0, 0.1) is 11.8 Å². The Morgan fingerprint density at radius 2 is 2.12 bits per heavy atom. The summed E-state index contributed by atoms with van der Waals surface area (Å²) in [5.74, 6) is 0.822. The first-order valence-corrected chi connectivity index (χ1v) is 8.50. The van der Waals surface area contributed by atoms with Crippen LogP contribution in [0.2, 0.25) is 0 Å². The van der Waals surface area contributed by atoms with E-state index in [9.17, 15) is 9.59 Å². The number of aromatic nitrogens is 2. The lowest BCUT2D eigenvalue weighted by atomic mass is 9.91. The highest BCUT2D eigenvalue weighted by molar-refractivity contribution is 5.89. The van der Waals surface area contributed by atoms with E-state index < -0.39 is 0 Å². The topological polar surface area (TPSA) is 110 Å². The molecule has 1 fully saturated rings. The molecule has 2 amide bonds. The average Bonchev–Trinajstić information content (AvgIpc) is 3.19. The molecule has 0 radical (unpaired) electrons. The molecule has 1 saturated heterocycles. The Morgan fingerprint density at radius 3 is 2.73 bits per heavy atom. The van der Waals surface area contributed by atoms with E-state index in [1.165, 1.54) is 7.05 Å². The van der Waals surface area contributed by atoms with Gasteiger partial charge < -0.3 is 19.9 Å². The summed E-state index contributed by atoms with van der Waals surface area (Å²) in [7, 11) is 3.10. The molecule has 1 aliphatic heterocycles. The van der Waals surface area contributed by atoms with Gasteiger partial charge in [-0.25, -0.2) is 0 Å². The highest BCUT2D eigenvalue weighted by Gasteiger charge is 2.36. The number of hydrogen-bond donors (Lipinski definition) is 2. The average molecular weight is 390 g/mol. The normalized spacial score (nSPS) is 20.0. The minimum Gasteiger partial charge on any atom is -0.384 e. The van der Waals surface area contributed by atoms with Crippen LogP contribution >= 0.6 is 12.4 Å². The zero-order valence-electron chi connectivity index (χ0n) is 15.7. The molecule has 0 aliphatic carbocycles. The number of amides is 2. The lowest BCUT2D eigenvalue weighted by Crippen LogP contribution is -2.42. The van der Waals surface area contributed by atoms with E-state index in [1.807, 2.05) is 0 Å². The number of rotatable bonds is 8. The first-order chi connectivity index (χ1) is 11.9. The van der Waals surface area contributed by atoms with E-state index >= 15 is 0 Å². The zero-order chi connectivity index (χ0) is 18.4. The highest BCUT2D eigenvalue weighted by atomic mass is 35.5. The summed E-state index contributed by atoms with van der Waals surface area (Å²) in [6.45, 7) is 6.71. The molecule has 9 nitrogen and oxygen atoms in total. The number of hydrogen-bond acceptors (Lipinski definition) is 7. The van der Waals surface area contributed by atoms with Crippen molar-refractivity contribution in [2.24, 2.45) is 11.8 Å². The molecule has 2 heterocycles. The standard InChI is InChI=1S/C16H27N5O4.ClH/c1-10(2)11-7-21(8-12(11)18-13(22)5-6-24-4)9-14-19-15(20-25-14)16(23)17-3;/h10-12H,5-9H2,1-4H3,(H,17,23)(H,18,22);1H/t11-,12+;/m1./s1. The van der Waals surface area contributed by atoms with Gasteiger partial charge in [-0.2, -0.15) is 4.98 Å². The first-order valence-electron chi connectivity index (χ1n) is 8.50. The third-order valence-corrected chi connectivity index (χ3v) is 4.43. The second kappa shape index (κ2) is 10.4. The Kier molecular flexibility index (Phi) is 8.97. The van der Waals surface area contributed by atoms with Gasteiger partial charge in [0.05, 0.1) is 13.2 Å². The molecule has 2 N–H and O–H groups in total. The molecule has 148 valence electrons. The fraction of sp³-hybridized carbons (Fsp3) is 0.750. The van der Waals surface area contributed by atoms with Gasteiger partial charge in [0.1, 0.15) is 0 Å². The lowest BCUT2D eigenvalue weighted by Gasteiger charge is -2.22. The molecule has 1 aliphatic rings. The van der Waals surface area contributed by atoms with Crippen LogP contribution in [0.5, 0.6) is 0 Å². The second-order valence-electron chi connectivity index (χ2n) is 6.61. The van der Waals surface area contributed by atoms with Crippen LogP contribution in [-0.2, 0) is 16.1 Å². The quantitative estimate of drug-likeness (QED) is 0.664. The van der Waals surface area contributed by atoms with Crippen molar-refractivity contribution in [1.82, 2.24) is 25.7 Å². The van der Waals surface area contributed by atoms with Crippen LogP contribution in [0.1, 0.15) is 36.8 Å². The van der Waals surface area contributed by atoms with Crippen LogP contribution in [0.3, 0.4) is 0 Å². The van der Waals surface area contributed by atoms with Gasteiger partial charge in [-0.15, -0.1) is 12.4 Å². The monoisotopic (exact) mass is 389 g/mol. The van der Waals surface area contributed by atoms with Gasteiger partial charge in [-0.1, -0.05) is 19.0 Å². The minimum absolute atomic E-state index is 0. The number of likely N-dealkylation sites (tertiary alicyclic amines) is 1. The molecule has 0 bridgehead atoms. The largest absolute Gasteiger partial charge is 0.384 e. The number of carbonyl (C=O) groups is 2. The second-order valence-corrected chi connectivity index (χ2v) is 6.61. The molecule has 1 aromatic rings. The van der Waals surface area contributed by atoms with Gasteiger partial charge in [-0.3, -0.25) is 14.5 Å². The van der Waals surface area contributed by atoms with Crippen molar-refractivity contribution in [1.29, 1.82) is 0 Å². The summed E-state index contributed by atoms with van der Waals surface area (Å²) in [5, 5.41) is 9.24. The van der Waals surface area contributed by atoms with Crippen LogP contribution < -0.4 is 10.6 Å². The highest BCUT2D eigenvalue weighted by Crippen LogP contribution is 2.25.